The molecule has 2 aliphatic rings. The Hall–Kier alpha value is -2.01. The molecule has 24 heavy (non-hydrogen) atoms. The maximum absolute atomic E-state index is 5.02. The molecule has 124 valence electrons. The number of nitrogens with zero attached hydrogens (tertiary/aromatic N) is 4. The molecule has 0 aliphatic carbocycles. The van der Waals surface area contributed by atoms with Gasteiger partial charge >= 0.3 is 0 Å². The number of pyridine rings is 1. The van der Waals surface area contributed by atoms with Crippen molar-refractivity contribution < 1.29 is 0 Å². The number of amidine groups is 1. The van der Waals surface area contributed by atoms with Gasteiger partial charge in [0.05, 0.1) is 11.7 Å². The lowest BCUT2D eigenvalue weighted by Crippen LogP contribution is -2.28. The fourth-order valence-corrected chi connectivity index (χ4v) is 4.54. The van der Waals surface area contributed by atoms with E-state index < -0.39 is 0 Å². The first-order valence-corrected chi connectivity index (χ1v) is 9.21. The quantitative estimate of drug-likeness (QED) is 0.853. The minimum atomic E-state index is 0.0754. The average molecular weight is 338 g/mol. The molecule has 0 saturated carbocycles. The first-order valence-electron chi connectivity index (χ1n) is 8.33. The van der Waals surface area contributed by atoms with Gasteiger partial charge in [-0.2, -0.15) is 0 Å². The molecule has 0 amide bonds. The van der Waals surface area contributed by atoms with Crippen molar-refractivity contribution in [2.24, 2.45) is 4.99 Å². The van der Waals surface area contributed by atoms with Crippen LogP contribution in [0.25, 0.3) is 0 Å². The first-order chi connectivity index (χ1) is 11.6. The summed E-state index contributed by atoms with van der Waals surface area (Å²) in [6, 6.07) is 15.3. The molecule has 1 saturated heterocycles. The van der Waals surface area contributed by atoms with Crippen LogP contribution in [-0.4, -0.2) is 40.9 Å². The van der Waals surface area contributed by atoms with Crippen molar-refractivity contribution >= 4 is 22.6 Å². The number of anilines is 1. The second kappa shape index (κ2) is 6.13. The molecular weight excluding hydrogens is 316 g/mol. The van der Waals surface area contributed by atoms with Crippen molar-refractivity contribution in [3.8, 4) is 0 Å². The highest BCUT2D eigenvalue weighted by Crippen LogP contribution is 2.47. The molecule has 3 heterocycles. The summed E-state index contributed by atoms with van der Waals surface area (Å²) in [6.45, 7) is 3.32. The maximum Gasteiger partial charge on any atom is 0.160 e. The minimum absolute atomic E-state index is 0.0754. The average Bonchev–Trinajstić information content (AvgIpc) is 3.11. The molecule has 2 aromatic rings. The molecule has 0 spiro atoms. The Kier molecular flexibility index (Phi) is 3.96. The van der Waals surface area contributed by atoms with E-state index in [1.54, 1.807) is 0 Å². The van der Waals surface area contributed by atoms with E-state index in [1.807, 2.05) is 30.1 Å². The van der Waals surface area contributed by atoms with Crippen LogP contribution in [0.2, 0.25) is 0 Å². The van der Waals surface area contributed by atoms with E-state index in [2.05, 4.69) is 66.1 Å². The molecule has 5 heteroatoms. The largest absolute Gasteiger partial charge is 0.378 e. The van der Waals surface area contributed by atoms with Gasteiger partial charge in [-0.3, -0.25) is 9.98 Å². The van der Waals surface area contributed by atoms with Crippen LogP contribution in [0.1, 0.15) is 30.3 Å². The number of aromatic nitrogens is 1. The van der Waals surface area contributed by atoms with Crippen molar-refractivity contribution in [1.29, 1.82) is 0 Å². The molecule has 1 aromatic carbocycles. The highest BCUT2D eigenvalue weighted by Gasteiger charge is 2.43. The molecule has 3 atom stereocenters. The van der Waals surface area contributed by atoms with Gasteiger partial charge in [0.15, 0.2) is 5.17 Å². The second-order valence-electron chi connectivity index (χ2n) is 6.62. The number of rotatable bonds is 3. The lowest BCUT2D eigenvalue weighted by atomic mass is 9.96. The highest BCUT2D eigenvalue weighted by molar-refractivity contribution is 8.14. The standard InChI is InChI=1S/C19H22N4S/c1-13-12-23-18(14-7-9-15(10-8-14)22(2)3)17(21-19(23)24-13)16-6-4-5-11-20-16/h4-11,13,17-18H,12H2,1-3H3/t13-,17+,18+/m1/s1. The zero-order valence-corrected chi connectivity index (χ0v) is 15.1. The van der Waals surface area contributed by atoms with Crippen molar-refractivity contribution in [2.75, 3.05) is 25.5 Å². The predicted molar refractivity (Wildman–Crippen MR) is 102 cm³/mol. The molecule has 4 rings (SSSR count). The van der Waals surface area contributed by atoms with Gasteiger partial charge in [-0.05, 0) is 29.8 Å². The fourth-order valence-electron chi connectivity index (χ4n) is 3.45. The van der Waals surface area contributed by atoms with E-state index in [9.17, 15) is 0 Å². The van der Waals surface area contributed by atoms with Crippen molar-refractivity contribution in [1.82, 2.24) is 9.88 Å². The topological polar surface area (TPSA) is 31.7 Å². The number of hydrogen-bond acceptors (Lipinski definition) is 5. The monoisotopic (exact) mass is 338 g/mol. The van der Waals surface area contributed by atoms with Crippen LogP contribution in [0.15, 0.2) is 53.7 Å². The third kappa shape index (κ3) is 2.67. The zero-order chi connectivity index (χ0) is 16.7. The summed E-state index contributed by atoms with van der Waals surface area (Å²) in [6.07, 6.45) is 1.86. The van der Waals surface area contributed by atoms with Gasteiger partial charge in [-0.25, -0.2) is 0 Å². The van der Waals surface area contributed by atoms with Crippen LogP contribution in [0, 0.1) is 0 Å². The van der Waals surface area contributed by atoms with E-state index in [-0.39, 0.29) is 12.1 Å². The third-order valence-corrected chi connectivity index (χ3v) is 5.73. The Morgan fingerprint density at radius 2 is 1.92 bits per heavy atom. The SMILES string of the molecule is C[C@@H]1CN2C(=N[C@@H](c3ccccn3)[C@@H]2c2ccc(N(C)C)cc2)S1. The summed E-state index contributed by atoms with van der Waals surface area (Å²) in [4.78, 5) is 14.2. The Balaban J connectivity index is 1.72. The van der Waals surface area contributed by atoms with Crippen molar-refractivity contribution in [3.05, 3.63) is 59.9 Å². The van der Waals surface area contributed by atoms with Gasteiger partial charge < -0.3 is 9.80 Å². The summed E-state index contributed by atoms with van der Waals surface area (Å²) < 4.78 is 0. The Bertz CT molecular complexity index is 742. The lowest BCUT2D eigenvalue weighted by Gasteiger charge is -2.27. The fraction of sp³-hybridized carbons (Fsp3) is 0.368. The molecule has 0 unspecified atom stereocenters. The zero-order valence-electron chi connectivity index (χ0n) is 14.3. The van der Waals surface area contributed by atoms with Crippen molar-refractivity contribution in [2.45, 2.75) is 24.3 Å². The van der Waals surface area contributed by atoms with E-state index in [0.29, 0.717) is 5.25 Å². The molecule has 2 aliphatic heterocycles. The highest BCUT2D eigenvalue weighted by atomic mass is 32.2. The molecule has 0 N–H and O–H groups in total. The molecule has 1 fully saturated rings. The van der Waals surface area contributed by atoms with Gasteiger partial charge in [-0.1, -0.05) is 36.9 Å². The van der Waals surface area contributed by atoms with E-state index in [0.717, 1.165) is 12.2 Å². The summed E-state index contributed by atoms with van der Waals surface area (Å²) in [5.41, 5.74) is 3.58. The normalized spacial score (nSPS) is 25.5. The van der Waals surface area contributed by atoms with Crippen LogP contribution in [-0.2, 0) is 0 Å². The summed E-state index contributed by atoms with van der Waals surface area (Å²) in [5, 5.41) is 1.76. The Morgan fingerprint density at radius 1 is 1.12 bits per heavy atom. The van der Waals surface area contributed by atoms with Crippen LogP contribution < -0.4 is 4.90 Å². The smallest absolute Gasteiger partial charge is 0.160 e. The summed E-state index contributed by atoms with van der Waals surface area (Å²) in [5.74, 6) is 0. The Labute approximate surface area is 147 Å². The summed E-state index contributed by atoms with van der Waals surface area (Å²) in [7, 11) is 4.14. The van der Waals surface area contributed by atoms with E-state index in [1.165, 1.54) is 16.4 Å². The van der Waals surface area contributed by atoms with Crippen LogP contribution >= 0.6 is 11.8 Å². The molecule has 1 aromatic heterocycles. The van der Waals surface area contributed by atoms with Crippen LogP contribution in [0.5, 0.6) is 0 Å². The molecule has 0 radical (unpaired) electrons. The van der Waals surface area contributed by atoms with Gasteiger partial charge in [0.25, 0.3) is 0 Å². The second-order valence-corrected chi connectivity index (χ2v) is 8.03. The predicted octanol–water partition coefficient (Wildman–Crippen LogP) is 3.74. The van der Waals surface area contributed by atoms with Gasteiger partial charge in [0.2, 0.25) is 0 Å². The Morgan fingerprint density at radius 3 is 2.58 bits per heavy atom. The first kappa shape index (κ1) is 15.5. The number of hydrogen-bond donors (Lipinski definition) is 0. The molecular formula is C19H22N4S. The number of thioether (sulfide) groups is 1. The molecule has 4 nitrogen and oxygen atoms in total. The van der Waals surface area contributed by atoms with Crippen molar-refractivity contribution in [3.63, 3.8) is 0 Å². The maximum atomic E-state index is 5.02. The molecule has 0 bridgehead atoms. The number of benzene rings is 1. The van der Waals surface area contributed by atoms with E-state index in [4.69, 9.17) is 4.99 Å². The number of aliphatic imine (C=N–C) groups is 1. The van der Waals surface area contributed by atoms with Crippen LogP contribution in [0.4, 0.5) is 5.69 Å². The minimum Gasteiger partial charge on any atom is -0.378 e. The summed E-state index contributed by atoms with van der Waals surface area (Å²) >= 11 is 1.88. The van der Waals surface area contributed by atoms with Gasteiger partial charge in [0, 0.05) is 37.8 Å². The van der Waals surface area contributed by atoms with Crippen LogP contribution in [0.3, 0.4) is 0 Å². The lowest BCUT2D eigenvalue weighted by molar-refractivity contribution is 0.321. The van der Waals surface area contributed by atoms with Gasteiger partial charge in [-0.15, -0.1) is 0 Å². The number of fused-ring (bicyclic) bond motifs is 1. The van der Waals surface area contributed by atoms with Gasteiger partial charge in [0.1, 0.15) is 6.04 Å². The third-order valence-electron chi connectivity index (χ3n) is 4.63. The van der Waals surface area contributed by atoms with E-state index >= 15 is 0 Å².